The van der Waals surface area contributed by atoms with Crippen molar-refractivity contribution in [3.8, 4) is 0 Å². The van der Waals surface area contributed by atoms with Crippen molar-refractivity contribution in [2.45, 2.75) is 10.8 Å². The van der Waals surface area contributed by atoms with Crippen LogP contribution in [0.15, 0.2) is 109 Å². The summed E-state index contributed by atoms with van der Waals surface area (Å²) in [6.07, 6.45) is 0. The van der Waals surface area contributed by atoms with Gasteiger partial charge in [-0.05, 0) is 16.7 Å². The van der Waals surface area contributed by atoms with Gasteiger partial charge in [0.25, 0.3) is 17.3 Å². The van der Waals surface area contributed by atoms with E-state index in [1.807, 2.05) is 91.0 Å². The van der Waals surface area contributed by atoms with E-state index in [1.54, 1.807) is 0 Å². The van der Waals surface area contributed by atoms with E-state index in [0.717, 1.165) is 34.9 Å². The molecule has 0 bridgehead atoms. The third-order valence-electron chi connectivity index (χ3n) is 6.20. The number of carbonyl (C=O) groups is 2. The average molecular weight is 558 g/mol. The molecular formula is C29H23N3O7S. The molecule has 0 fully saturated rings. The molecule has 1 amide bonds. The van der Waals surface area contributed by atoms with Crippen LogP contribution in [-0.2, 0) is 9.54 Å². The minimum Gasteiger partial charge on any atom is -0.480 e. The largest absolute Gasteiger partial charge is 0.480 e. The lowest BCUT2D eigenvalue weighted by Crippen LogP contribution is -2.43. The number of aliphatic carboxylic acids is 1. The second-order valence-electron chi connectivity index (χ2n) is 8.71. The van der Waals surface area contributed by atoms with Gasteiger partial charge >= 0.3 is 5.97 Å². The minimum absolute atomic E-state index is 0.100. The maximum Gasteiger partial charge on any atom is 0.327 e. The molecule has 0 radical (unpaired) electrons. The van der Waals surface area contributed by atoms with E-state index in [0.29, 0.717) is 0 Å². The Balaban J connectivity index is 1.72. The Morgan fingerprint density at radius 2 is 1.15 bits per heavy atom. The number of hydrogen-bond acceptors (Lipinski definition) is 7. The maximum atomic E-state index is 13.0. The molecule has 4 rings (SSSR count). The number of carboxylic acid groups (broad SMARTS) is 1. The second kappa shape index (κ2) is 12.2. The van der Waals surface area contributed by atoms with Crippen molar-refractivity contribution in [1.82, 2.24) is 5.32 Å². The van der Waals surface area contributed by atoms with Gasteiger partial charge in [-0.2, -0.15) is 0 Å². The number of hydrogen-bond donors (Lipinski definition) is 2. The molecule has 0 aliphatic carbocycles. The normalized spacial score (nSPS) is 11.8. The lowest BCUT2D eigenvalue weighted by atomic mass is 9.84. The van der Waals surface area contributed by atoms with Gasteiger partial charge in [-0.3, -0.25) is 25.0 Å². The topological polar surface area (TPSA) is 153 Å². The number of carboxylic acids is 1. The predicted molar refractivity (Wildman–Crippen MR) is 150 cm³/mol. The van der Waals surface area contributed by atoms with Gasteiger partial charge in [-0.1, -0.05) is 91.0 Å². The fourth-order valence-corrected chi connectivity index (χ4v) is 5.88. The molecule has 2 N–H and O–H groups in total. The van der Waals surface area contributed by atoms with E-state index in [1.165, 1.54) is 11.8 Å². The highest BCUT2D eigenvalue weighted by Gasteiger charge is 2.38. The van der Waals surface area contributed by atoms with Gasteiger partial charge in [-0.15, -0.1) is 11.8 Å². The Labute approximate surface area is 233 Å². The molecule has 0 spiro atoms. The third-order valence-corrected chi connectivity index (χ3v) is 7.84. The summed E-state index contributed by atoms with van der Waals surface area (Å²) in [5.74, 6) is -2.41. The summed E-state index contributed by atoms with van der Waals surface area (Å²) >= 11 is 1.31. The molecule has 4 aromatic rings. The van der Waals surface area contributed by atoms with Crippen LogP contribution in [0.1, 0.15) is 27.0 Å². The molecule has 0 aliphatic heterocycles. The molecule has 0 aromatic heterocycles. The van der Waals surface area contributed by atoms with Crippen molar-refractivity contribution in [3.63, 3.8) is 0 Å². The van der Waals surface area contributed by atoms with Crippen LogP contribution in [0.2, 0.25) is 0 Å². The molecule has 0 saturated carbocycles. The van der Waals surface area contributed by atoms with E-state index >= 15 is 0 Å². The first kappa shape index (κ1) is 28.0. The van der Waals surface area contributed by atoms with E-state index in [-0.39, 0.29) is 5.75 Å². The Morgan fingerprint density at radius 1 is 0.750 bits per heavy atom. The summed E-state index contributed by atoms with van der Waals surface area (Å²) < 4.78 is -0.855. The Hall–Kier alpha value is -5.03. The lowest BCUT2D eigenvalue weighted by Gasteiger charge is -2.36. The summed E-state index contributed by atoms with van der Waals surface area (Å²) in [6.45, 7) is 0. The highest BCUT2D eigenvalue weighted by atomic mass is 32.2. The Morgan fingerprint density at radius 3 is 1.50 bits per heavy atom. The summed E-state index contributed by atoms with van der Waals surface area (Å²) in [7, 11) is 0. The number of non-ortho nitro benzene ring substituents is 2. The number of benzene rings is 4. The van der Waals surface area contributed by atoms with Crippen LogP contribution in [-0.4, -0.2) is 38.6 Å². The van der Waals surface area contributed by atoms with Gasteiger partial charge < -0.3 is 10.4 Å². The number of nitrogens with one attached hydrogen (secondary N) is 1. The number of nitro benzene ring substituents is 2. The molecule has 0 unspecified atom stereocenters. The Bertz CT molecular complexity index is 1400. The fourth-order valence-electron chi connectivity index (χ4n) is 4.33. The third kappa shape index (κ3) is 6.00. The zero-order valence-corrected chi connectivity index (χ0v) is 21.7. The van der Waals surface area contributed by atoms with Gasteiger partial charge in [0.15, 0.2) is 0 Å². The zero-order valence-electron chi connectivity index (χ0n) is 20.9. The Kier molecular flexibility index (Phi) is 8.55. The second-order valence-corrected chi connectivity index (χ2v) is 9.94. The zero-order chi connectivity index (χ0) is 28.7. The number of nitrogens with zero attached hydrogens (tertiary/aromatic N) is 2. The molecule has 1 atom stereocenters. The van der Waals surface area contributed by atoms with Gasteiger partial charge in [-0.25, -0.2) is 4.79 Å². The molecule has 0 saturated heterocycles. The minimum atomic E-state index is -1.42. The highest BCUT2D eigenvalue weighted by molar-refractivity contribution is 8.00. The standard InChI is InChI=1S/C29H23N3O7S/c33-27(20-16-24(31(36)37)18-25(17-20)32(38)39)30-26(28(34)35)19-40-29(21-10-4-1-5-11-21,22-12-6-2-7-13-22)23-14-8-3-9-15-23/h1-18,26H,19H2,(H,30,33)(H,34,35)/t26-/m0/s1. The quantitative estimate of drug-likeness (QED) is 0.141. The molecule has 0 heterocycles. The van der Waals surface area contributed by atoms with Crippen molar-refractivity contribution >= 4 is 35.0 Å². The van der Waals surface area contributed by atoms with Crippen LogP contribution >= 0.6 is 11.8 Å². The first-order chi connectivity index (χ1) is 19.2. The van der Waals surface area contributed by atoms with Crippen molar-refractivity contribution < 1.29 is 24.5 Å². The van der Waals surface area contributed by atoms with E-state index in [2.05, 4.69) is 5.32 Å². The molecular weight excluding hydrogens is 534 g/mol. The van der Waals surface area contributed by atoms with E-state index in [9.17, 15) is 34.9 Å². The SMILES string of the molecule is O=C(N[C@@H](CSC(c1ccccc1)(c1ccccc1)c1ccccc1)C(=O)O)c1cc([N+](=O)[O-])cc([N+](=O)[O-])c1. The van der Waals surface area contributed by atoms with E-state index in [4.69, 9.17) is 0 Å². The summed E-state index contributed by atoms with van der Waals surface area (Å²) in [5, 5.41) is 34.9. The highest BCUT2D eigenvalue weighted by Crippen LogP contribution is 2.48. The smallest absolute Gasteiger partial charge is 0.327 e. The molecule has 11 heteroatoms. The maximum absolute atomic E-state index is 13.0. The summed E-state index contributed by atoms with van der Waals surface area (Å²) in [5.41, 5.74) is 0.970. The molecule has 0 aliphatic rings. The van der Waals surface area contributed by atoms with Crippen molar-refractivity contribution in [3.05, 3.63) is 152 Å². The first-order valence-electron chi connectivity index (χ1n) is 12.0. The number of nitro groups is 2. The van der Waals surface area contributed by atoms with E-state index < -0.39 is 49.5 Å². The van der Waals surface area contributed by atoms with Crippen LogP contribution in [0, 0.1) is 20.2 Å². The van der Waals surface area contributed by atoms with Crippen LogP contribution < -0.4 is 5.32 Å². The molecule has 4 aromatic carbocycles. The fraction of sp³-hybridized carbons (Fsp3) is 0.103. The predicted octanol–water partition coefficient (Wildman–Crippen LogP) is 5.41. The van der Waals surface area contributed by atoms with Crippen LogP contribution in [0.3, 0.4) is 0 Å². The average Bonchev–Trinajstić information content (AvgIpc) is 2.98. The number of rotatable bonds is 11. The van der Waals surface area contributed by atoms with Gasteiger partial charge in [0.2, 0.25) is 0 Å². The number of amides is 1. The van der Waals surface area contributed by atoms with Crippen LogP contribution in [0.25, 0.3) is 0 Å². The lowest BCUT2D eigenvalue weighted by molar-refractivity contribution is -0.394. The molecule has 40 heavy (non-hydrogen) atoms. The van der Waals surface area contributed by atoms with Crippen LogP contribution in [0.4, 0.5) is 11.4 Å². The van der Waals surface area contributed by atoms with Gasteiger partial charge in [0.1, 0.15) is 6.04 Å². The van der Waals surface area contributed by atoms with Gasteiger partial charge in [0.05, 0.1) is 26.2 Å². The molecule has 10 nitrogen and oxygen atoms in total. The summed E-state index contributed by atoms with van der Waals surface area (Å²) in [4.78, 5) is 46.1. The van der Waals surface area contributed by atoms with Crippen LogP contribution in [0.5, 0.6) is 0 Å². The number of carbonyl (C=O) groups excluding carboxylic acids is 1. The van der Waals surface area contributed by atoms with Gasteiger partial charge in [0, 0.05) is 17.9 Å². The first-order valence-corrected chi connectivity index (χ1v) is 13.0. The number of thioether (sulfide) groups is 1. The van der Waals surface area contributed by atoms with Crippen molar-refractivity contribution in [2.75, 3.05) is 5.75 Å². The van der Waals surface area contributed by atoms with Crippen molar-refractivity contribution in [2.24, 2.45) is 0 Å². The summed E-state index contributed by atoms with van der Waals surface area (Å²) in [6, 6.07) is 29.7. The monoisotopic (exact) mass is 557 g/mol. The van der Waals surface area contributed by atoms with Crippen molar-refractivity contribution in [1.29, 1.82) is 0 Å². The molecule has 202 valence electrons.